The molecule has 4 heterocycles. The van der Waals surface area contributed by atoms with Crippen molar-refractivity contribution in [3.05, 3.63) is 71.1 Å². The first kappa shape index (κ1) is 20.5. The Morgan fingerprint density at radius 3 is 2.46 bits per heavy atom. The van der Waals surface area contributed by atoms with Gasteiger partial charge in [0.05, 0.1) is 21.3 Å². The van der Waals surface area contributed by atoms with Gasteiger partial charge in [-0.15, -0.1) is 22.7 Å². The largest absolute Gasteiger partial charge is 0.299 e. The van der Waals surface area contributed by atoms with Crippen LogP contribution in [0.2, 0.25) is 0 Å². The van der Waals surface area contributed by atoms with Crippen molar-refractivity contribution in [2.24, 2.45) is 17.3 Å². The summed E-state index contributed by atoms with van der Waals surface area (Å²) in [6.45, 7) is 4.12. The molecule has 3 fully saturated rings. The summed E-state index contributed by atoms with van der Waals surface area (Å²) in [6, 6.07) is 21.9. The normalized spacial score (nSPS) is 21.4. The summed E-state index contributed by atoms with van der Waals surface area (Å²) in [7, 11) is 0. The van der Waals surface area contributed by atoms with Gasteiger partial charge in [0.15, 0.2) is 11.6 Å². The van der Waals surface area contributed by atoms with E-state index in [0.29, 0.717) is 5.57 Å². The minimum Gasteiger partial charge on any atom is -0.299 e. The summed E-state index contributed by atoms with van der Waals surface area (Å²) < 4.78 is 4.90. The lowest BCUT2D eigenvalue weighted by Crippen LogP contribution is -2.58. The highest BCUT2D eigenvalue weighted by atomic mass is 32.1. The van der Waals surface area contributed by atoms with E-state index in [4.69, 9.17) is 0 Å². The number of hydrogen-bond donors (Lipinski definition) is 0. The zero-order chi connectivity index (χ0) is 24.8. The van der Waals surface area contributed by atoms with Crippen molar-refractivity contribution in [3.8, 4) is 0 Å². The molecule has 10 rings (SSSR count). The zero-order valence-electron chi connectivity index (χ0n) is 20.3. The van der Waals surface area contributed by atoms with Crippen LogP contribution < -0.4 is 0 Å². The van der Waals surface area contributed by atoms with E-state index < -0.39 is 0 Å². The average Bonchev–Trinajstić information content (AvgIpc) is 3.54. The predicted molar refractivity (Wildman–Crippen MR) is 155 cm³/mol. The third-order valence-corrected chi connectivity index (χ3v) is 11.6. The highest BCUT2D eigenvalue weighted by molar-refractivity contribution is 7.33. The second-order valence-corrected chi connectivity index (χ2v) is 13.4. The van der Waals surface area contributed by atoms with E-state index in [1.807, 2.05) is 17.4 Å². The molecular formula is C32H21NO2S2. The number of thiophene rings is 2. The molecule has 5 heteroatoms. The number of nitrogens with zero attached hydrogens (tertiary/aromatic N) is 1. The van der Waals surface area contributed by atoms with Gasteiger partial charge in [-0.2, -0.15) is 0 Å². The molecule has 0 amide bonds. The molecule has 0 N–H and O–H groups in total. The van der Waals surface area contributed by atoms with Gasteiger partial charge in [-0.1, -0.05) is 62.4 Å². The maximum atomic E-state index is 13.2. The quantitative estimate of drug-likeness (QED) is 0.162. The Morgan fingerprint density at radius 1 is 0.865 bits per heavy atom. The van der Waals surface area contributed by atoms with E-state index in [1.54, 1.807) is 11.3 Å². The van der Waals surface area contributed by atoms with Crippen molar-refractivity contribution < 1.29 is 9.59 Å². The standard InChI is InChI=1S/C32H21NO2S2/c1-32(2)21-14-22(32)29(35)20(28(21)34)12-16-13-24-30(36-16)26-19-8-5-6-15-10-11-18-17-7-3-4-9-23(17)33(31(26)37-24)27(18)25(15)19/h3-13,21-22H,14H2,1-2H3. The molecule has 3 aromatic carbocycles. The molecule has 4 aromatic heterocycles. The van der Waals surface area contributed by atoms with Crippen molar-refractivity contribution in [3.63, 3.8) is 0 Å². The third-order valence-electron chi connectivity index (χ3n) is 9.23. The molecular weight excluding hydrogens is 494 g/mol. The first-order valence-corrected chi connectivity index (χ1v) is 14.4. The maximum absolute atomic E-state index is 13.2. The number of aromatic nitrogens is 1. The molecule has 2 bridgehead atoms. The number of carbonyl (C=O) groups is 2. The van der Waals surface area contributed by atoms with Crippen molar-refractivity contribution in [1.82, 2.24) is 4.40 Å². The monoisotopic (exact) mass is 515 g/mol. The Labute approximate surface area is 219 Å². The van der Waals surface area contributed by atoms with Gasteiger partial charge in [-0.3, -0.25) is 14.0 Å². The van der Waals surface area contributed by atoms with Crippen molar-refractivity contribution in [2.75, 3.05) is 0 Å². The number of rotatable bonds is 1. The maximum Gasteiger partial charge on any atom is 0.170 e. The van der Waals surface area contributed by atoms with Crippen molar-refractivity contribution in [1.29, 1.82) is 0 Å². The Balaban J connectivity index is 1.36. The SMILES string of the molecule is CC1(C)C2CC1C(=O)C(=Cc1cc3sc4c(c5cccc6ccc7c8ccccc8n4c7c65)c3s1)C2=O. The lowest BCUT2D eigenvalue weighted by atomic mass is 9.47. The summed E-state index contributed by atoms with van der Waals surface area (Å²) in [5.41, 5.74) is 2.74. The fraction of sp³-hybridized carbons (Fsp3) is 0.188. The predicted octanol–water partition coefficient (Wildman–Crippen LogP) is 8.46. The first-order valence-electron chi connectivity index (χ1n) is 12.8. The third kappa shape index (κ3) is 2.30. The second kappa shape index (κ2) is 6.47. The minimum absolute atomic E-state index is 0.0196. The number of Topliss-reactive ketones (excluding diaryl/α,β-unsaturated/α-hetero) is 2. The average molecular weight is 516 g/mol. The first-order chi connectivity index (χ1) is 17.9. The molecule has 3 nitrogen and oxygen atoms in total. The molecule has 3 aliphatic rings. The van der Waals surface area contributed by atoms with E-state index in [2.05, 4.69) is 78.9 Å². The highest BCUT2D eigenvalue weighted by Crippen LogP contribution is 2.57. The minimum atomic E-state index is -0.197. The molecule has 37 heavy (non-hydrogen) atoms. The van der Waals surface area contributed by atoms with E-state index >= 15 is 0 Å². The molecule has 3 aliphatic carbocycles. The van der Waals surface area contributed by atoms with Crippen LogP contribution in [0.3, 0.4) is 0 Å². The molecule has 3 saturated carbocycles. The number of pyridine rings is 1. The zero-order valence-corrected chi connectivity index (χ0v) is 21.9. The smallest absolute Gasteiger partial charge is 0.170 e. The molecule has 2 unspecified atom stereocenters. The summed E-state index contributed by atoms with van der Waals surface area (Å²) in [5.74, 6) is 0.0370. The summed E-state index contributed by atoms with van der Waals surface area (Å²) in [4.78, 5) is 28.6. The van der Waals surface area contributed by atoms with E-state index in [0.717, 1.165) is 11.3 Å². The number of hydrogen-bond acceptors (Lipinski definition) is 4. The van der Waals surface area contributed by atoms with E-state index in [1.165, 1.54) is 57.6 Å². The van der Waals surface area contributed by atoms with Gasteiger partial charge in [0.25, 0.3) is 0 Å². The van der Waals surface area contributed by atoms with Crippen LogP contribution in [0.25, 0.3) is 63.7 Å². The van der Waals surface area contributed by atoms with E-state index in [-0.39, 0.29) is 28.8 Å². The van der Waals surface area contributed by atoms with E-state index in [9.17, 15) is 9.59 Å². The number of fused-ring (bicyclic) bond motifs is 10. The van der Waals surface area contributed by atoms with Crippen molar-refractivity contribution in [2.45, 2.75) is 20.3 Å². The van der Waals surface area contributed by atoms with Crippen LogP contribution in [0.15, 0.2) is 66.2 Å². The van der Waals surface area contributed by atoms with Crippen LogP contribution in [0.1, 0.15) is 25.1 Å². The Bertz CT molecular complexity index is 2180. The van der Waals surface area contributed by atoms with Crippen molar-refractivity contribution >= 4 is 97.9 Å². The van der Waals surface area contributed by atoms with Crippen LogP contribution in [-0.2, 0) is 9.59 Å². The van der Waals surface area contributed by atoms with Crippen LogP contribution in [0.5, 0.6) is 0 Å². The van der Waals surface area contributed by atoms with Gasteiger partial charge in [0.2, 0.25) is 0 Å². The van der Waals surface area contributed by atoms with Gasteiger partial charge in [-0.25, -0.2) is 0 Å². The summed E-state index contributed by atoms with van der Waals surface area (Å²) >= 11 is 3.51. The van der Waals surface area contributed by atoms with Crippen LogP contribution >= 0.6 is 22.7 Å². The number of carbonyl (C=O) groups excluding carboxylic acids is 2. The van der Waals surface area contributed by atoms with Gasteiger partial charge >= 0.3 is 0 Å². The van der Waals surface area contributed by atoms with Gasteiger partial charge in [0.1, 0.15) is 4.83 Å². The van der Waals surface area contributed by atoms with Gasteiger partial charge < -0.3 is 0 Å². The Kier molecular flexibility index (Phi) is 3.59. The number of allylic oxidation sites excluding steroid dienone is 1. The molecule has 178 valence electrons. The Morgan fingerprint density at radius 2 is 1.65 bits per heavy atom. The molecule has 7 aromatic rings. The Hall–Kier alpha value is -3.54. The number of para-hydroxylation sites is 1. The lowest BCUT2D eigenvalue weighted by Gasteiger charge is -2.54. The highest BCUT2D eigenvalue weighted by Gasteiger charge is 2.60. The lowest BCUT2D eigenvalue weighted by molar-refractivity contribution is -0.152. The summed E-state index contributed by atoms with van der Waals surface area (Å²) in [5, 5.41) is 7.66. The topological polar surface area (TPSA) is 38.5 Å². The number of ketones is 2. The molecule has 2 atom stereocenters. The van der Waals surface area contributed by atoms with Crippen LogP contribution in [0, 0.1) is 17.3 Å². The van der Waals surface area contributed by atoms with Crippen LogP contribution in [-0.4, -0.2) is 16.0 Å². The summed E-state index contributed by atoms with van der Waals surface area (Å²) in [6.07, 6.45) is 2.60. The molecule has 0 aliphatic heterocycles. The van der Waals surface area contributed by atoms with Crippen LogP contribution in [0.4, 0.5) is 0 Å². The molecule has 0 saturated heterocycles. The van der Waals surface area contributed by atoms with Gasteiger partial charge in [-0.05, 0) is 40.8 Å². The molecule has 0 radical (unpaired) electrons. The second-order valence-electron chi connectivity index (χ2n) is 11.3. The fourth-order valence-corrected chi connectivity index (χ4v) is 9.83. The molecule has 0 spiro atoms. The number of benzene rings is 3. The fourth-order valence-electron chi connectivity index (χ4n) is 7.20. The van der Waals surface area contributed by atoms with Gasteiger partial charge in [0, 0.05) is 43.0 Å².